The summed E-state index contributed by atoms with van der Waals surface area (Å²) in [5, 5.41) is 5.40. The predicted molar refractivity (Wildman–Crippen MR) is 193 cm³/mol. The van der Waals surface area contributed by atoms with Gasteiger partial charge in [0.2, 0.25) is 0 Å². The Morgan fingerprint density at radius 3 is 2.17 bits per heavy atom. The molecule has 6 aromatic carbocycles. The lowest BCUT2D eigenvalue weighted by molar-refractivity contribution is 0.546. The van der Waals surface area contributed by atoms with Crippen molar-refractivity contribution in [1.29, 1.82) is 0 Å². The van der Waals surface area contributed by atoms with Gasteiger partial charge >= 0.3 is 0 Å². The van der Waals surface area contributed by atoms with Gasteiger partial charge in [0.25, 0.3) is 0 Å². The van der Waals surface area contributed by atoms with Crippen LogP contribution in [0.3, 0.4) is 0 Å². The van der Waals surface area contributed by atoms with E-state index in [0.29, 0.717) is 17.5 Å². The second kappa shape index (κ2) is 10.6. The first-order chi connectivity index (χ1) is 23.8. The Labute approximate surface area is 275 Å². The molecule has 0 fully saturated rings. The molecule has 3 aromatic heterocycles. The Balaban J connectivity index is 1.22. The Bertz CT molecular complexity index is 2740. The van der Waals surface area contributed by atoms with Crippen LogP contribution in [0, 0.1) is 0 Å². The molecule has 5 heteroatoms. The van der Waals surface area contributed by atoms with Gasteiger partial charge in [0.1, 0.15) is 22.5 Å². The lowest BCUT2D eigenvalue weighted by Crippen LogP contribution is -2.06. The summed E-state index contributed by atoms with van der Waals surface area (Å²) in [5.41, 5.74) is 8.60. The van der Waals surface area contributed by atoms with E-state index in [2.05, 4.69) is 103 Å². The number of para-hydroxylation sites is 2. The third-order valence-corrected chi connectivity index (χ3v) is 9.39. The van der Waals surface area contributed by atoms with Crippen LogP contribution in [-0.2, 0) is 6.42 Å². The molecule has 0 unspecified atom stereocenters. The van der Waals surface area contributed by atoms with Gasteiger partial charge in [0, 0.05) is 50.4 Å². The molecule has 0 N–H and O–H groups in total. The Morgan fingerprint density at radius 1 is 0.500 bits per heavy atom. The number of fused-ring (bicyclic) bond motifs is 7. The highest BCUT2D eigenvalue weighted by molar-refractivity contribution is 6.12. The number of furan rings is 2. The second-order valence-electron chi connectivity index (χ2n) is 12.3. The maximum absolute atomic E-state index is 6.68. The molecular weight excluding hydrogens is 590 g/mol. The van der Waals surface area contributed by atoms with Crippen LogP contribution in [-0.4, -0.2) is 15.0 Å². The minimum absolute atomic E-state index is 0.603. The summed E-state index contributed by atoms with van der Waals surface area (Å²) in [6.45, 7) is 0. The van der Waals surface area contributed by atoms with Crippen molar-refractivity contribution in [3.63, 3.8) is 0 Å². The molecule has 0 radical (unpaired) electrons. The smallest absolute Gasteiger partial charge is 0.164 e. The van der Waals surface area contributed by atoms with Gasteiger partial charge < -0.3 is 8.83 Å². The molecule has 0 saturated heterocycles. The molecule has 1 aliphatic rings. The van der Waals surface area contributed by atoms with Gasteiger partial charge in [-0.05, 0) is 41.0 Å². The van der Waals surface area contributed by atoms with Gasteiger partial charge in [-0.2, -0.15) is 0 Å². The van der Waals surface area contributed by atoms with E-state index in [1.807, 2.05) is 36.4 Å². The average Bonchev–Trinajstić information content (AvgIpc) is 3.73. The minimum atomic E-state index is 0.603. The van der Waals surface area contributed by atoms with Crippen LogP contribution >= 0.6 is 0 Å². The van der Waals surface area contributed by atoms with Crippen molar-refractivity contribution in [1.82, 2.24) is 15.0 Å². The van der Waals surface area contributed by atoms with Crippen LogP contribution in [0.4, 0.5) is 0 Å². The lowest BCUT2D eigenvalue weighted by atomic mass is 9.92. The Kier molecular flexibility index (Phi) is 5.93. The molecule has 3 heterocycles. The van der Waals surface area contributed by atoms with Crippen LogP contribution < -0.4 is 0 Å². The average molecular weight is 618 g/mol. The van der Waals surface area contributed by atoms with Crippen molar-refractivity contribution in [3.05, 3.63) is 157 Å². The van der Waals surface area contributed by atoms with Crippen molar-refractivity contribution < 1.29 is 8.83 Å². The molecule has 0 atom stereocenters. The summed E-state index contributed by atoms with van der Waals surface area (Å²) >= 11 is 0. The summed E-state index contributed by atoms with van der Waals surface area (Å²) in [5.74, 6) is 2.81. The van der Waals surface area contributed by atoms with Crippen LogP contribution in [0.1, 0.15) is 23.6 Å². The number of allylic oxidation sites excluding steroid dienone is 1. The van der Waals surface area contributed by atoms with E-state index in [4.69, 9.17) is 23.8 Å². The van der Waals surface area contributed by atoms with Crippen LogP contribution in [0.2, 0.25) is 0 Å². The minimum Gasteiger partial charge on any atom is -0.460 e. The fourth-order valence-corrected chi connectivity index (χ4v) is 7.17. The molecule has 48 heavy (non-hydrogen) atoms. The standard InChI is InChI=1S/C43H27N3O2/c1-2-12-27(13-3-1)30-16-8-17-32-39-34(19-10-22-37(39)48-40(30)32)43-45-41(29-24-23-26-11-4-5-14-28(26)25-29)44-42(46-43)33-18-9-21-36-38(33)31-15-6-7-20-35(31)47-36/h1-9,11-21,23-25H,10,22H2. The van der Waals surface area contributed by atoms with Gasteiger partial charge in [-0.1, -0.05) is 121 Å². The molecule has 0 saturated carbocycles. The van der Waals surface area contributed by atoms with Crippen LogP contribution in [0.25, 0.3) is 83.2 Å². The second-order valence-corrected chi connectivity index (χ2v) is 12.3. The van der Waals surface area contributed by atoms with E-state index in [1.54, 1.807) is 0 Å². The molecule has 0 bridgehead atoms. The van der Waals surface area contributed by atoms with Crippen molar-refractivity contribution in [2.24, 2.45) is 0 Å². The van der Waals surface area contributed by atoms with Crippen molar-refractivity contribution >= 4 is 49.3 Å². The Hall–Kier alpha value is -6.33. The third kappa shape index (κ3) is 4.21. The summed E-state index contributed by atoms with van der Waals surface area (Å²) in [7, 11) is 0. The highest BCUT2D eigenvalue weighted by atomic mass is 16.3. The summed E-state index contributed by atoms with van der Waals surface area (Å²) in [4.78, 5) is 15.6. The molecule has 0 spiro atoms. The number of benzene rings is 6. The number of hydrogen-bond acceptors (Lipinski definition) is 5. The number of rotatable bonds is 4. The lowest BCUT2D eigenvalue weighted by Gasteiger charge is -2.15. The van der Waals surface area contributed by atoms with Gasteiger partial charge in [-0.25, -0.2) is 15.0 Å². The fourth-order valence-electron chi connectivity index (χ4n) is 7.17. The fraction of sp³-hybridized carbons (Fsp3) is 0.0465. The van der Waals surface area contributed by atoms with Gasteiger partial charge in [0.15, 0.2) is 17.5 Å². The first-order valence-electron chi connectivity index (χ1n) is 16.3. The van der Waals surface area contributed by atoms with E-state index in [-0.39, 0.29) is 0 Å². The highest BCUT2D eigenvalue weighted by Crippen LogP contribution is 2.43. The third-order valence-electron chi connectivity index (χ3n) is 9.39. The van der Waals surface area contributed by atoms with Crippen LogP contribution in [0.5, 0.6) is 0 Å². The maximum Gasteiger partial charge on any atom is 0.164 e. The molecular formula is C43H27N3O2. The zero-order chi connectivity index (χ0) is 31.6. The molecule has 10 rings (SSSR count). The normalized spacial score (nSPS) is 13.0. The molecule has 5 nitrogen and oxygen atoms in total. The number of hydrogen-bond donors (Lipinski definition) is 0. The van der Waals surface area contributed by atoms with E-state index in [0.717, 1.165) is 90.3 Å². The maximum atomic E-state index is 6.68. The quantitative estimate of drug-likeness (QED) is 0.197. The van der Waals surface area contributed by atoms with E-state index in [9.17, 15) is 0 Å². The van der Waals surface area contributed by atoms with Crippen molar-refractivity contribution in [2.45, 2.75) is 12.8 Å². The predicted octanol–water partition coefficient (Wildman–Crippen LogP) is 11.0. The van der Waals surface area contributed by atoms with Crippen molar-refractivity contribution in [3.8, 4) is 33.9 Å². The largest absolute Gasteiger partial charge is 0.460 e. The summed E-state index contributed by atoms with van der Waals surface area (Å²) in [6, 6.07) is 45.8. The number of aryl methyl sites for hydroxylation is 1. The molecule has 1 aliphatic carbocycles. The van der Waals surface area contributed by atoms with Crippen LogP contribution in [0.15, 0.2) is 148 Å². The number of nitrogens with zero attached hydrogens (tertiary/aromatic N) is 3. The molecule has 0 aliphatic heterocycles. The van der Waals surface area contributed by atoms with E-state index in [1.165, 1.54) is 5.39 Å². The topological polar surface area (TPSA) is 65.0 Å². The number of aromatic nitrogens is 3. The van der Waals surface area contributed by atoms with E-state index >= 15 is 0 Å². The first kappa shape index (κ1) is 26.8. The first-order valence-corrected chi connectivity index (χ1v) is 16.3. The molecule has 0 amide bonds. The SMILES string of the molecule is C1=C(c2nc(-c3ccc4ccccc4c3)nc(-c3cccc4oc5ccccc5c34)n2)c2c(oc3c(-c4ccccc4)cccc23)CC1. The van der Waals surface area contributed by atoms with Crippen molar-refractivity contribution in [2.75, 3.05) is 0 Å². The molecule has 226 valence electrons. The zero-order valence-corrected chi connectivity index (χ0v) is 25.9. The summed E-state index contributed by atoms with van der Waals surface area (Å²) in [6.07, 6.45) is 3.90. The van der Waals surface area contributed by atoms with Gasteiger partial charge in [0.05, 0.1) is 0 Å². The Morgan fingerprint density at radius 2 is 1.23 bits per heavy atom. The zero-order valence-electron chi connectivity index (χ0n) is 25.9. The monoisotopic (exact) mass is 617 g/mol. The van der Waals surface area contributed by atoms with Gasteiger partial charge in [-0.15, -0.1) is 0 Å². The highest BCUT2D eigenvalue weighted by Gasteiger charge is 2.27. The molecule has 9 aromatic rings. The van der Waals surface area contributed by atoms with Gasteiger partial charge in [-0.3, -0.25) is 0 Å². The van der Waals surface area contributed by atoms with E-state index < -0.39 is 0 Å². The summed E-state index contributed by atoms with van der Waals surface area (Å²) < 4.78 is 12.9.